The highest BCUT2D eigenvalue weighted by atomic mass is 127. The first kappa shape index (κ1) is 8.93. The van der Waals surface area contributed by atoms with Crippen LogP contribution in [0.15, 0.2) is 12.4 Å². The molecule has 0 aromatic carbocycles. The Morgan fingerprint density at radius 1 is 1.54 bits per heavy atom. The van der Waals surface area contributed by atoms with Gasteiger partial charge >= 0.3 is 0 Å². The molecule has 0 spiro atoms. The van der Waals surface area contributed by atoms with Crippen LogP contribution in [-0.2, 0) is 6.42 Å². The first-order chi connectivity index (χ1) is 6.24. The minimum absolute atomic E-state index is 0.952. The van der Waals surface area contributed by atoms with E-state index in [0.717, 1.165) is 27.2 Å². The van der Waals surface area contributed by atoms with Crippen molar-refractivity contribution >= 4 is 28.1 Å². The molecule has 0 bridgehead atoms. The van der Waals surface area contributed by atoms with Crippen LogP contribution in [0.5, 0.6) is 0 Å². The Kier molecular flexibility index (Phi) is 2.23. The minimum atomic E-state index is 0.952. The maximum Gasteiger partial charge on any atom is 0.129 e. The fraction of sp³-hybridized carbons (Fsp3) is 0.333. The second kappa shape index (κ2) is 3.25. The van der Waals surface area contributed by atoms with Gasteiger partial charge in [0.05, 0.1) is 5.69 Å². The van der Waals surface area contributed by atoms with Crippen LogP contribution in [0, 0.1) is 10.6 Å². The zero-order valence-electron chi connectivity index (χ0n) is 7.58. The molecule has 0 unspecified atom stereocenters. The molecule has 0 saturated heterocycles. The van der Waals surface area contributed by atoms with Gasteiger partial charge in [0.1, 0.15) is 15.0 Å². The lowest BCUT2D eigenvalue weighted by Crippen LogP contribution is -1.94. The molecule has 0 aliphatic heterocycles. The number of hydrogen-bond donors (Lipinski definition) is 0. The van der Waals surface area contributed by atoms with Gasteiger partial charge in [0, 0.05) is 18.8 Å². The largest absolute Gasteiger partial charge is 0.300 e. The molecular weight excluding hydrogens is 277 g/mol. The maximum atomic E-state index is 4.48. The van der Waals surface area contributed by atoms with Crippen molar-refractivity contribution in [3.63, 3.8) is 0 Å². The summed E-state index contributed by atoms with van der Waals surface area (Å²) in [7, 11) is 0. The quantitative estimate of drug-likeness (QED) is 0.753. The van der Waals surface area contributed by atoms with Gasteiger partial charge in [-0.3, -0.25) is 9.38 Å². The highest BCUT2D eigenvalue weighted by Crippen LogP contribution is 2.17. The van der Waals surface area contributed by atoms with Crippen LogP contribution in [0.4, 0.5) is 0 Å². The Morgan fingerprint density at radius 3 is 3.00 bits per heavy atom. The van der Waals surface area contributed by atoms with Crippen molar-refractivity contribution in [2.45, 2.75) is 20.3 Å². The second-order valence-corrected chi connectivity index (χ2v) is 3.93. The third kappa shape index (κ3) is 1.33. The lowest BCUT2D eigenvalue weighted by molar-refractivity contribution is 0.920. The molecule has 2 heterocycles. The Hall–Kier alpha value is -0.650. The Bertz CT molecular complexity index is 447. The number of rotatable bonds is 1. The summed E-state index contributed by atoms with van der Waals surface area (Å²) in [6.07, 6.45) is 4.74. The molecule has 0 amide bonds. The van der Waals surface area contributed by atoms with Crippen LogP contribution in [0.3, 0.4) is 0 Å². The van der Waals surface area contributed by atoms with Gasteiger partial charge in [0.25, 0.3) is 0 Å². The van der Waals surface area contributed by atoms with E-state index in [1.807, 2.05) is 19.3 Å². The number of hydrogen-bond acceptors (Lipinski definition) is 2. The molecular formula is C9H10IN3. The van der Waals surface area contributed by atoms with E-state index in [2.05, 4.69) is 43.9 Å². The highest BCUT2D eigenvalue weighted by molar-refractivity contribution is 14.1. The first-order valence-electron chi connectivity index (χ1n) is 4.22. The maximum absolute atomic E-state index is 4.48. The van der Waals surface area contributed by atoms with E-state index in [1.54, 1.807) is 0 Å². The van der Waals surface area contributed by atoms with Crippen LogP contribution in [0.1, 0.15) is 18.4 Å². The molecule has 13 heavy (non-hydrogen) atoms. The number of halogens is 1. The van der Waals surface area contributed by atoms with Crippen molar-refractivity contribution in [1.29, 1.82) is 0 Å². The summed E-state index contributed by atoms with van der Waals surface area (Å²) >= 11 is 2.26. The van der Waals surface area contributed by atoms with E-state index < -0.39 is 0 Å². The molecule has 3 nitrogen and oxygen atoms in total. The van der Waals surface area contributed by atoms with Crippen LogP contribution in [0.25, 0.3) is 5.52 Å². The van der Waals surface area contributed by atoms with Crippen LogP contribution >= 0.6 is 22.6 Å². The van der Waals surface area contributed by atoms with Gasteiger partial charge in [0.15, 0.2) is 0 Å². The number of aromatic nitrogens is 3. The summed E-state index contributed by atoms with van der Waals surface area (Å²) in [6.45, 7) is 4.12. The molecule has 0 fully saturated rings. The van der Waals surface area contributed by atoms with Crippen LogP contribution < -0.4 is 0 Å². The summed E-state index contributed by atoms with van der Waals surface area (Å²) in [5.74, 6) is 1.10. The minimum Gasteiger partial charge on any atom is -0.300 e. The van der Waals surface area contributed by atoms with E-state index in [9.17, 15) is 0 Å². The van der Waals surface area contributed by atoms with Gasteiger partial charge in [-0.1, -0.05) is 6.92 Å². The highest BCUT2D eigenvalue weighted by Gasteiger charge is 2.09. The number of aryl methyl sites for hydroxylation is 2. The van der Waals surface area contributed by atoms with E-state index in [-0.39, 0.29) is 0 Å². The molecule has 0 radical (unpaired) electrons. The molecule has 0 saturated carbocycles. The molecule has 4 heteroatoms. The monoisotopic (exact) mass is 287 g/mol. The van der Waals surface area contributed by atoms with Crippen molar-refractivity contribution in [3.8, 4) is 0 Å². The van der Waals surface area contributed by atoms with Gasteiger partial charge in [0.2, 0.25) is 0 Å². The fourth-order valence-corrected chi connectivity index (χ4v) is 2.38. The zero-order valence-corrected chi connectivity index (χ0v) is 9.74. The summed E-state index contributed by atoms with van der Waals surface area (Å²) in [5.41, 5.74) is 2.18. The summed E-state index contributed by atoms with van der Waals surface area (Å²) in [4.78, 5) is 8.73. The van der Waals surface area contributed by atoms with E-state index in [1.165, 1.54) is 0 Å². The summed E-state index contributed by atoms with van der Waals surface area (Å²) in [5, 5.41) is 0. The Morgan fingerprint density at radius 2 is 2.31 bits per heavy atom. The SMILES string of the molecule is CCc1nc(I)c2c(C)nccn12. The third-order valence-electron chi connectivity index (χ3n) is 2.08. The van der Waals surface area contributed by atoms with E-state index in [4.69, 9.17) is 0 Å². The van der Waals surface area contributed by atoms with Crippen LogP contribution in [0.2, 0.25) is 0 Å². The first-order valence-corrected chi connectivity index (χ1v) is 5.30. The normalized spacial score (nSPS) is 11.0. The van der Waals surface area contributed by atoms with Gasteiger partial charge in [-0.05, 0) is 29.5 Å². The third-order valence-corrected chi connectivity index (χ3v) is 2.84. The zero-order chi connectivity index (χ0) is 9.42. The lowest BCUT2D eigenvalue weighted by Gasteiger charge is -1.98. The summed E-state index contributed by atoms with van der Waals surface area (Å²) in [6, 6.07) is 0. The fourth-order valence-electron chi connectivity index (χ4n) is 1.46. The average molecular weight is 287 g/mol. The Balaban J connectivity index is 2.87. The predicted octanol–water partition coefficient (Wildman–Crippen LogP) is 2.20. The van der Waals surface area contributed by atoms with Crippen molar-refractivity contribution in [2.24, 2.45) is 0 Å². The van der Waals surface area contributed by atoms with E-state index in [0.29, 0.717) is 0 Å². The Labute approximate surface area is 90.3 Å². The topological polar surface area (TPSA) is 30.2 Å². The lowest BCUT2D eigenvalue weighted by atomic mass is 10.4. The van der Waals surface area contributed by atoms with E-state index >= 15 is 0 Å². The van der Waals surface area contributed by atoms with Gasteiger partial charge < -0.3 is 0 Å². The van der Waals surface area contributed by atoms with Crippen LogP contribution in [-0.4, -0.2) is 14.4 Å². The second-order valence-electron chi connectivity index (χ2n) is 2.90. The predicted molar refractivity (Wildman–Crippen MR) is 59.8 cm³/mol. The van der Waals surface area contributed by atoms with Gasteiger partial charge in [-0.15, -0.1) is 0 Å². The average Bonchev–Trinajstić information content (AvgIpc) is 2.44. The van der Waals surface area contributed by atoms with Crippen molar-refractivity contribution in [3.05, 3.63) is 27.6 Å². The number of nitrogens with zero attached hydrogens (tertiary/aromatic N) is 3. The number of imidazole rings is 1. The van der Waals surface area contributed by atoms with Crippen molar-refractivity contribution < 1.29 is 0 Å². The standard InChI is InChI=1S/C9H10IN3/c1-3-7-12-9(10)8-6(2)11-4-5-13(7)8/h4-5H,3H2,1-2H3. The number of fused-ring (bicyclic) bond motifs is 1. The molecule has 0 aliphatic rings. The summed E-state index contributed by atoms with van der Waals surface area (Å²) < 4.78 is 3.16. The van der Waals surface area contributed by atoms with Crippen molar-refractivity contribution in [1.82, 2.24) is 14.4 Å². The molecule has 0 N–H and O–H groups in total. The molecule has 2 aromatic rings. The molecule has 68 valence electrons. The molecule has 0 aliphatic carbocycles. The van der Waals surface area contributed by atoms with Gasteiger partial charge in [-0.2, -0.15) is 0 Å². The molecule has 2 aromatic heterocycles. The molecule has 0 atom stereocenters. The smallest absolute Gasteiger partial charge is 0.129 e. The molecule has 2 rings (SSSR count). The van der Waals surface area contributed by atoms with Gasteiger partial charge in [-0.25, -0.2) is 4.98 Å². The van der Waals surface area contributed by atoms with Crippen molar-refractivity contribution in [2.75, 3.05) is 0 Å².